The molecule has 0 heterocycles. The standard InChI is InChI=1S/C14H29NO3S2/c1-3-10-15-13-8-6-4-5-7-9-14(13)19(16)11-12-20(2,17)18/h13-15H,3-12H2,1-2H3. The molecule has 0 aromatic carbocycles. The zero-order valence-electron chi connectivity index (χ0n) is 12.8. The van der Waals surface area contributed by atoms with Crippen LogP contribution >= 0.6 is 0 Å². The topological polar surface area (TPSA) is 63.2 Å². The molecular weight excluding hydrogens is 294 g/mol. The van der Waals surface area contributed by atoms with Crippen LogP contribution in [0.3, 0.4) is 0 Å². The highest BCUT2D eigenvalue weighted by molar-refractivity contribution is 7.92. The summed E-state index contributed by atoms with van der Waals surface area (Å²) < 4.78 is 35.0. The predicted molar refractivity (Wildman–Crippen MR) is 86.3 cm³/mol. The van der Waals surface area contributed by atoms with Gasteiger partial charge in [-0.3, -0.25) is 4.21 Å². The first-order valence-corrected chi connectivity index (χ1v) is 11.2. The van der Waals surface area contributed by atoms with E-state index >= 15 is 0 Å². The van der Waals surface area contributed by atoms with E-state index in [1.165, 1.54) is 25.5 Å². The fourth-order valence-corrected chi connectivity index (χ4v) is 5.91. The molecule has 1 rings (SSSR count). The normalized spacial score (nSPS) is 26.7. The van der Waals surface area contributed by atoms with Crippen LogP contribution in [0.1, 0.15) is 51.9 Å². The van der Waals surface area contributed by atoms with Crippen LogP contribution in [0.4, 0.5) is 0 Å². The van der Waals surface area contributed by atoms with Gasteiger partial charge >= 0.3 is 0 Å². The zero-order chi connectivity index (χ0) is 15.0. The molecule has 0 bridgehead atoms. The maximum atomic E-state index is 12.5. The Labute approximate surface area is 126 Å². The van der Waals surface area contributed by atoms with E-state index in [9.17, 15) is 12.6 Å². The van der Waals surface area contributed by atoms with E-state index in [1.54, 1.807) is 0 Å². The lowest BCUT2D eigenvalue weighted by Crippen LogP contribution is -2.44. The Morgan fingerprint density at radius 3 is 2.40 bits per heavy atom. The maximum Gasteiger partial charge on any atom is 0.148 e. The van der Waals surface area contributed by atoms with Crippen molar-refractivity contribution < 1.29 is 12.6 Å². The predicted octanol–water partition coefficient (Wildman–Crippen LogP) is 1.87. The Bertz CT molecular complexity index is 393. The molecule has 0 aromatic heterocycles. The molecule has 0 spiro atoms. The Morgan fingerprint density at radius 2 is 1.80 bits per heavy atom. The van der Waals surface area contributed by atoms with E-state index in [0.717, 1.165) is 32.2 Å². The van der Waals surface area contributed by atoms with Crippen molar-refractivity contribution in [2.24, 2.45) is 0 Å². The van der Waals surface area contributed by atoms with Crippen molar-refractivity contribution in [1.29, 1.82) is 0 Å². The van der Waals surface area contributed by atoms with Crippen molar-refractivity contribution in [1.82, 2.24) is 5.32 Å². The highest BCUT2D eigenvalue weighted by Crippen LogP contribution is 2.22. The van der Waals surface area contributed by atoms with E-state index in [0.29, 0.717) is 0 Å². The molecule has 1 N–H and O–H groups in total. The van der Waals surface area contributed by atoms with Gasteiger partial charge in [0.1, 0.15) is 9.84 Å². The Kier molecular flexibility index (Phi) is 8.29. The van der Waals surface area contributed by atoms with Crippen LogP contribution in [-0.4, -0.2) is 48.2 Å². The molecule has 3 unspecified atom stereocenters. The maximum absolute atomic E-state index is 12.5. The molecule has 0 aliphatic heterocycles. The minimum atomic E-state index is -3.02. The van der Waals surface area contributed by atoms with Gasteiger partial charge in [-0.2, -0.15) is 0 Å². The number of sulfone groups is 1. The van der Waals surface area contributed by atoms with E-state index in [1.807, 2.05) is 0 Å². The summed E-state index contributed by atoms with van der Waals surface area (Å²) in [5.41, 5.74) is 0. The monoisotopic (exact) mass is 323 g/mol. The third kappa shape index (κ3) is 7.18. The highest BCUT2D eigenvalue weighted by Gasteiger charge is 2.27. The molecule has 0 saturated heterocycles. The Hall–Kier alpha value is 0.0600. The molecule has 1 aliphatic carbocycles. The second kappa shape index (κ2) is 9.15. The third-order valence-corrected chi connectivity index (χ3v) is 6.90. The minimum absolute atomic E-state index is 0.0383. The van der Waals surface area contributed by atoms with Gasteiger partial charge in [0.05, 0.1) is 11.0 Å². The number of nitrogens with one attached hydrogen (secondary N) is 1. The average molecular weight is 324 g/mol. The summed E-state index contributed by atoms with van der Waals surface area (Å²) in [6.07, 6.45) is 9.06. The van der Waals surface area contributed by atoms with Crippen molar-refractivity contribution in [2.75, 3.05) is 24.3 Å². The molecular formula is C14H29NO3S2. The molecule has 0 amide bonds. The van der Waals surface area contributed by atoms with Crippen LogP contribution in [0, 0.1) is 0 Å². The summed E-state index contributed by atoms with van der Waals surface area (Å²) >= 11 is 0. The molecule has 0 aromatic rings. The average Bonchev–Trinajstić information content (AvgIpc) is 2.34. The smallest absolute Gasteiger partial charge is 0.148 e. The van der Waals surface area contributed by atoms with Gasteiger partial charge in [0.2, 0.25) is 0 Å². The third-order valence-electron chi connectivity index (χ3n) is 3.85. The molecule has 6 heteroatoms. The molecule has 0 radical (unpaired) electrons. The van der Waals surface area contributed by atoms with Crippen LogP contribution in [0.2, 0.25) is 0 Å². The zero-order valence-corrected chi connectivity index (χ0v) is 14.4. The van der Waals surface area contributed by atoms with Crippen LogP contribution < -0.4 is 5.32 Å². The summed E-state index contributed by atoms with van der Waals surface area (Å²) in [5.74, 6) is 0.324. The molecule has 1 aliphatic rings. The second-order valence-corrected chi connectivity index (χ2v) is 9.84. The van der Waals surface area contributed by atoms with Crippen LogP contribution in [0.25, 0.3) is 0 Å². The van der Waals surface area contributed by atoms with Crippen molar-refractivity contribution in [2.45, 2.75) is 63.2 Å². The molecule has 3 atom stereocenters. The SMILES string of the molecule is CCCNC1CCCCCCC1S(=O)CCS(C)(=O)=O. The van der Waals surface area contributed by atoms with Crippen molar-refractivity contribution in [3.63, 3.8) is 0 Å². The van der Waals surface area contributed by atoms with Gasteiger partial charge in [0, 0.05) is 28.9 Å². The van der Waals surface area contributed by atoms with Gasteiger partial charge in [0.15, 0.2) is 0 Å². The molecule has 1 saturated carbocycles. The van der Waals surface area contributed by atoms with Gasteiger partial charge < -0.3 is 5.32 Å². The molecule has 1 fully saturated rings. The summed E-state index contributed by atoms with van der Waals surface area (Å²) in [6, 6.07) is 0.288. The molecule has 120 valence electrons. The Balaban J connectivity index is 2.63. The number of hydrogen-bond donors (Lipinski definition) is 1. The van der Waals surface area contributed by atoms with Gasteiger partial charge in [0.25, 0.3) is 0 Å². The van der Waals surface area contributed by atoms with Crippen LogP contribution in [-0.2, 0) is 20.6 Å². The van der Waals surface area contributed by atoms with Crippen molar-refractivity contribution in [3.05, 3.63) is 0 Å². The lowest BCUT2D eigenvalue weighted by Gasteiger charge is -2.29. The first kappa shape index (κ1) is 18.1. The largest absolute Gasteiger partial charge is 0.313 e. The van der Waals surface area contributed by atoms with E-state index in [-0.39, 0.29) is 22.8 Å². The van der Waals surface area contributed by atoms with Gasteiger partial charge in [-0.05, 0) is 25.8 Å². The van der Waals surface area contributed by atoms with Crippen LogP contribution in [0.15, 0.2) is 0 Å². The number of rotatable bonds is 7. The lowest BCUT2D eigenvalue weighted by atomic mass is 9.96. The lowest BCUT2D eigenvalue weighted by molar-refractivity contribution is 0.395. The van der Waals surface area contributed by atoms with Gasteiger partial charge in [-0.1, -0.05) is 32.6 Å². The Morgan fingerprint density at radius 1 is 1.15 bits per heavy atom. The van der Waals surface area contributed by atoms with Gasteiger partial charge in [-0.25, -0.2) is 8.42 Å². The second-order valence-electron chi connectivity index (χ2n) is 5.81. The van der Waals surface area contributed by atoms with E-state index < -0.39 is 20.6 Å². The fraction of sp³-hybridized carbons (Fsp3) is 1.00. The summed E-state index contributed by atoms with van der Waals surface area (Å²) in [4.78, 5) is 0. The quantitative estimate of drug-likeness (QED) is 0.777. The summed E-state index contributed by atoms with van der Waals surface area (Å²) in [5, 5.41) is 3.64. The van der Waals surface area contributed by atoms with Crippen molar-refractivity contribution in [3.8, 4) is 0 Å². The van der Waals surface area contributed by atoms with E-state index in [4.69, 9.17) is 0 Å². The molecule has 4 nitrogen and oxygen atoms in total. The van der Waals surface area contributed by atoms with Crippen molar-refractivity contribution >= 4 is 20.6 Å². The van der Waals surface area contributed by atoms with Gasteiger partial charge in [-0.15, -0.1) is 0 Å². The highest BCUT2D eigenvalue weighted by atomic mass is 32.2. The summed E-state index contributed by atoms with van der Waals surface area (Å²) in [7, 11) is -4.07. The van der Waals surface area contributed by atoms with E-state index in [2.05, 4.69) is 12.2 Å². The minimum Gasteiger partial charge on any atom is -0.313 e. The molecule has 20 heavy (non-hydrogen) atoms. The summed E-state index contributed by atoms with van der Waals surface area (Å²) in [6.45, 7) is 3.08. The number of hydrogen-bond acceptors (Lipinski definition) is 4. The fourth-order valence-electron chi connectivity index (χ4n) is 2.71. The first-order chi connectivity index (χ1) is 9.44. The van der Waals surface area contributed by atoms with Crippen LogP contribution in [0.5, 0.6) is 0 Å². The first-order valence-electron chi connectivity index (χ1n) is 7.72.